The zero-order valence-corrected chi connectivity index (χ0v) is 33.7. The van der Waals surface area contributed by atoms with Crippen molar-refractivity contribution in [3.8, 4) is 5.75 Å². The van der Waals surface area contributed by atoms with Crippen LogP contribution in [0.1, 0.15) is 51.9 Å². The monoisotopic (exact) mass is 807 g/mol. The largest absolute Gasteiger partial charge is 0.491 e. The lowest BCUT2D eigenvalue weighted by atomic mass is 10.1. The molecule has 0 heterocycles. The van der Waals surface area contributed by atoms with Crippen molar-refractivity contribution in [3.05, 3.63) is 34.4 Å². The Morgan fingerprint density at radius 2 is 0.750 bits per heavy atom. The quantitative estimate of drug-likeness (QED) is 0.0390. The van der Waals surface area contributed by atoms with Gasteiger partial charge in [0.1, 0.15) is 19.0 Å². The van der Waals surface area contributed by atoms with Gasteiger partial charge in [0.05, 0.1) is 150 Å². The standard InChI is InChI=1S/C39H69NO16/c1-2-3-4-5-6-7-8-39(41)56-36-34-54-32-30-52-28-26-50-24-22-48-20-18-46-16-14-44-13-15-45-17-19-47-21-23-49-25-27-51-29-31-53-33-35-55-38-11-9-37(10-12-38)40(42)43/h9-12H,2-8,13-36H2,1H3. The van der Waals surface area contributed by atoms with E-state index in [1.165, 1.54) is 37.8 Å². The fraction of sp³-hybridized carbons (Fsp3) is 0.821. The molecular weight excluding hydrogens is 738 g/mol. The third kappa shape index (κ3) is 37.1. The summed E-state index contributed by atoms with van der Waals surface area (Å²) in [4.78, 5) is 21.9. The maximum Gasteiger partial charge on any atom is 0.305 e. The SMILES string of the molecule is CCCCCCCCC(=O)OCCOCCOCCOCCOCCOCCOCCOCCOCCOCCOCCOCCOc1ccc([N+](=O)[O-])cc1. The molecular formula is C39H69NO16. The van der Waals surface area contributed by atoms with E-state index in [0.29, 0.717) is 164 Å². The second kappa shape index (κ2) is 42.1. The molecule has 326 valence electrons. The molecule has 0 aliphatic rings. The molecule has 17 nitrogen and oxygen atoms in total. The molecule has 56 heavy (non-hydrogen) atoms. The summed E-state index contributed by atoms with van der Waals surface area (Å²) in [5.41, 5.74) is 0.0226. The van der Waals surface area contributed by atoms with Gasteiger partial charge in [0.15, 0.2) is 0 Å². The first kappa shape index (κ1) is 51.5. The van der Waals surface area contributed by atoms with Crippen molar-refractivity contribution in [3.63, 3.8) is 0 Å². The Morgan fingerprint density at radius 1 is 0.446 bits per heavy atom. The van der Waals surface area contributed by atoms with Gasteiger partial charge in [0.2, 0.25) is 0 Å². The predicted octanol–water partition coefficient (Wildman–Crippen LogP) is 4.45. The first-order chi connectivity index (χ1) is 27.6. The highest BCUT2D eigenvalue weighted by Gasteiger charge is 2.05. The Bertz CT molecular complexity index is 990. The van der Waals surface area contributed by atoms with Crippen molar-refractivity contribution in [1.82, 2.24) is 0 Å². The van der Waals surface area contributed by atoms with Crippen LogP contribution in [-0.4, -0.2) is 169 Å². The maximum absolute atomic E-state index is 11.7. The van der Waals surface area contributed by atoms with Gasteiger partial charge in [-0.1, -0.05) is 39.0 Å². The van der Waals surface area contributed by atoms with Gasteiger partial charge in [0, 0.05) is 18.6 Å². The van der Waals surface area contributed by atoms with E-state index < -0.39 is 4.92 Å². The third-order valence-electron chi connectivity index (χ3n) is 7.49. The number of non-ortho nitro benzene ring substituents is 1. The van der Waals surface area contributed by atoms with Crippen molar-refractivity contribution >= 4 is 11.7 Å². The lowest BCUT2D eigenvalue weighted by Crippen LogP contribution is -2.16. The van der Waals surface area contributed by atoms with Crippen LogP contribution < -0.4 is 4.74 Å². The maximum atomic E-state index is 11.7. The average Bonchev–Trinajstić information content (AvgIpc) is 3.20. The molecule has 0 aromatic heterocycles. The number of benzene rings is 1. The van der Waals surface area contributed by atoms with E-state index in [9.17, 15) is 14.9 Å². The number of unbranched alkanes of at least 4 members (excludes halogenated alkanes) is 5. The van der Waals surface area contributed by atoms with E-state index in [-0.39, 0.29) is 18.3 Å². The summed E-state index contributed by atoms with van der Waals surface area (Å²) in [6, 6.07) is 5.90. The highest BCUT2D eigenvalue weighted by molar-refractivity contribution is 5.69. The second-order valence-corrected chi connectivity index (χ2v) is 12.1. The molecule has 0 radical (unpaired) electrons. The van der Waals surface area contributed by atoms with Gasteiger partial charge in [-0.3, -0.25) is 14.9 Å². The van der Waals surface area contributed by atoms with E-state index in [4.69, 9.17) is 61.6 Å². The van der Waals surface area contributed by atoms with Crippen LogP contribution in [0.5, 0.6) is 5.75 Å². The van der Waals surface area contributed by atoms with E-state index in [1.807, 2.05) is 0 Å². The highest BCUT2D eigenvalue weighted by atomic mass is 16.6. The van der Waals surface area contributed by atoms with Crippen LogP contribution >= 0.6 is 0 Å². The van der Waals surface area contributed by atoms with Crippen molar-refractivity contribution in [1.29, 1.82) is 0 Å². The molecule has 0 amide bonds. The summed E-state index contributed by atoms with van der Waals surface area (Å²) in [6.45, 7) is 13.0. The van der Waals surface area contributed by atoms with Gasteiger partial charge >= 0.3 is 5.97 Å². The lowest BCUT2D eigenvalue weighted by Gasteiger charge is -2.09. The number of carbonyl (C=O) groups excluding carboxylic acids is 1. The molecule has 1 aromatic rings. The minimum Gasteiger partial charge on any atom is -0.491 e. The highest BCUT2D eigenvalue weighted by Crippen LogP contribution is 2.17. The zero-order valence-electron chi connectivity index (χ0n) is 33.7. The van der Waals surface area contributed by atoms with Crippen molar-refractivity contribution in [2.45, 2.75) is 51.9 Å². The van der Waals surface area contributed by atoms with Gasteiger partial charge in [-0.15, -0.1) is 0 Å². The number of nitro benzene ring substituents is 1. The van der Waals surface area contributed by atoms with Crippen LogP contribution in [0.3, 0.4) is 0 Å². The van der Waals surface area contributed by atoms with Crippen molar-refractivity contribution in [2.75, 3.05) is 159 Å². The molecule has 1 aromatic carbocycles. The van der Waals surface area contributed by atoms with Crippen molar-refractivity contribution in [2.24, 2.45) is 0 Å². The van der Waals surface area contributed by atoms with Crippen LogP contribution in [0.15, 0.2) is 24.3 Å². The van der Waals surface area contributed by atoms with Gasteiger partial charge in [-0.25, -0.2) is 0 Å². The molecule has 0 saturated carbocycles. The smallest absolute Gasteiger partial charge is 0.305 e. The molecule has 0 atom stereocenters. The van der Waals surface area contributed by atoms with E-state index in [2.05, 4.69) is 6.92 Å². The van der Waals surface area contributed by atoms with E-state index >= 15 is 0 Å². The first-order valence-corrected chi connectivity index (χ1v) is 20.0. The molecule has 1 rings (SSSR count). The normalized spacial score (nSPS) is 11.3. The summed E-state index contributed by atoms with van der Waals surface area (Å²) < 4.78 is 70.8. The van der Waals surface area contributed by atoms with Gasteiger partial charge in [0.25, 0.3) is 5.69 Å². The zero-order chi connectivity index (χ0) is 40.3. The summed E-state index contributed by atoms with van der Waals surface area (Å²) in [6.07, 6.45) is 7.38. The topological polar surface area (TPSA) is 180 Å². The van der Waals surface area contributed by atoms with Gasteiger partial charge in [-0.05, 0) is 18.6 Å². The summed E-state index contributed by atoms with van der Waals surface area (Å²) in [5, 5.41) is 10.7. The molecule has 0 N–H and O–H groups in total. The molecule has 0 bridgehead atoms. The fourth-order valence-corrected chi connectivity index (χ4v) is 4.52. The molecule has 17 heteroatoms. The predicted molar refractivity (Wildman–Crippen MR) is 207 cm³/mol. The Hall–Kier alpha value is -2.55. The summed E-state index contributed by atoms with van der Waals surface area (Å²) >= 11 is 0. The Labute approximate surface area is 333 Å². The third-order valence-corrected chi connectivity index (χ3v) is 7.49. The Balaban J connectivity index is 1.64. The number of carbonyl (C=O) groups is 1. The van der Waals surface area contributed by atoms with Crippen LogP contribution in [0.25, 0.3) is 0 Å². The minimum atomic E-state index is -0.453. The van der Waals surface area contributed by atoms with E-state index in [1.54, 1.807) is 12.1 Å². The molecule has 0 fully saturated rings. The number of nitrogens with zero attached hydrogens (tertiary/aromatic N) is 1. The van der Waals surface area contributed by atoms with Crippen LogP contribution in [0.2, 0.25) is 0 Å². The summed E-state index contributed by atoms with van der Waals surface area (Å²) in [7, 11) is 0. The Kier molecular flexibility index (Phi) is 38.7. The van der Waals surface area contributed by atoms with Gasteiger partial charge < -0.3 is 61.6 Å². The van der Waals surface area contributed by atoms with Gasteiger partial charge in [-0.2, -0.15) is 0 Å². The lowest BCUT2D eigenvalue weighted by molar-refractivity contribution is -0.384. The number of esters is 1. The molecule has 0 aliphatic heterocycles. The van der Waals surface area contributed by atoms with Crippen molar-refractivity contribution < 1.29 is 71.3 Å². The molecule has 0 spiro atoms. The molecule has 0 unspecified atom stereocenters. The van der Waals surface area contributed by atoms with Crippen LogP contribution in [0, 0.1) is 10.1 Å². The Morgan fingerprint density at radius 3 is 1.09 bits per heavy atom. The molecule has 0 aliphatic carbocycles. The number of hydrogen-bond donors (Lipinski definition) is 0. The minimum absolute atomic E-state index is 0.0226. The summed E-state index contributed by atoms with van der Waals surface area (Å²) in [5.74, 6) is 0.402. The van der Waals surface area contributed by atoms with E-state index in [0.717, 1.165) is 12.8 Å². The average molecular weight is 808 g/mol. The number of ether oxygens (including phenoxy) is 13. The van der Waals surface area contributed by atoms with Crippen LogP contribution in [0.4, 0.5) is 5.69 Å². The number of hydrogen-bond acceptors (Lipinski definition) is 16. The fourth-order valence-electron chi connectivity index (χ4n) is 4.52. The number of rotatable bonds is 45. The first-order valence-electron chi connectivity index (χ1n) is 20.0. The van der Waals surface area contributed by atoms with Crippen LogP contribution in [-0.2, 0) is 61.6 Å². The second-order valence-electron chi connectivity index (χ2n) is 12.1. The number of nitro groups is 1. The molecule has 0 saturated heterocycles.